The van der Waals surface area contributed by atoms with Gasteiger partial charge in [-0.25, -0.2) is 4.79 Å². The van der Waals surface area contributed by atoms with Gasteiger partial charge in [0.1, 0.15) is 0 Å². The average molecular weight is 193 g/mol. The fourth-order valence-electron chi connectivity index (χ4n) is 1.22. The number of para-hydroxylation sites is 1. The highest BCUT2D eigenvalue weighted by atomic mass is 32.2. The number of hydrogen-bond acceptors (Lipinski definition) is 2. The van der Waals surface area contributed by atoms with E-state index >= 15 is 0 Å². The van der Waals surface area contributed by atoms with Gasteiger partial charge in [0, 0.05) is 11.6 Å². The van der Waals surface area contributed by atoms with Crippen LogP contribution in [0.5, 0.6) is 0 Å². The third-order valence-corrected chi connectivity index (χ3v) is 2.41. The molecule has 0 aliphatic carbocycles. The largest absolute Gasteiger partial charge is 0.472 e. The first-order valence-corrected chi connectivity index (χ1v) is 4.52. The molecule has 1 aromatic carbocycles. The van der Waals surface area contributed by atoms with Gasteiger partial charge in [-0.3, -0.25) is 3.97 Å². The van der Waals surface area contributed by atoms with Crippen LogP contribution in [0.2, 0.25) is 0 Å². The van der Waals surface area contributed by atoms with E-state index in [4.69, 9.17) is 5.11 Å². The van der Waals surface area contributed by atoms with Crippen LogP contribution in [0.1, 0.15) is 0 Å². The molecular formula is C9H7NO2S. The molecular weight excluding hydrogens is 186 g/mol. The third kappa shape index (κ3) is 1.53. The van der Waals surface area contributed by atoms with Gasteiger partial charge in [-0.15, -0.1) is 0 Å². The lowest BCUT2D eigenvalue weighted by Gasteiger charge is -1.97. The Morgan fingerprint density at radius 2 is 2.08 bits per heavy atom. The van der Waals surface area contributed by atoms with Crippen LogP contribution >= 0.6 is 11.9 Å². The number of nitrogens with zero attached hydrogens (tertiary/aromatic N) is 1. The molecule has 13 heavy (non-hydrogen) atoms. The molecule has 66 valence electrons. The van der Waals surface area contributed by atoms with E-state index in [1.165, 1.54) is 0 Å². The Morgan fingerprint density at radius 3 is 2.85 bits per heavy atom. The molecule has 1 N–H and O–H groups in total. The second-order valence-corrected chi connectivity index (χ2v) is 3.48. The van der Waals surface area contributed by atoms with Gasteiger partial charge >= 0.3 is 5.30 Å². The van der Waals surface area contributed by atoms with Crippen molar-refractivity contribution >= 4 is 28.2 Å². The first kappa shape index (κ1) is 8.19. The zero-order valence-electron chi connectivity index (χ0n) is 6.68. The van der Waals surface area contributed by atoms with Gasteiger partial charge in [0.25, 0.3) is 0 Å². The van der Waals surface area contributed by atoms with Crippen molar-refractivity contribution in [3.63, 3.8) is 0 Å². The molecule has 1 aromatic heterocycles. The Kier molecular flexibility index (Phi) is 1.98. The lowest BCUT2D eigenvalue weighted by molar-refractivity contribution is 0.222. The van der Waals surface area contributed by atoms with Crippen molar-refractivity contribution in [2.45, 2.75) is 0 Å². The Labute approximate surface area is 79.1 Å². The number of benzene rings is 1. The number of aromatic nitrogens is 1. The summed E-state index contributed by atoms with van der Waals surface area (Å²) in [6.45, 7) is 0. The van der Waals surface area contributed by atoms with Crippen LogP contribution in [0, 0.1) is 0 Å². The molecule has 0 fully saturated rings. The lowest BCUT2D eigenvalue weighted by atomic mass is 10.3. The number of fused-ring (bicyclic) bond motifs is 1. The summed E-state index contributed by atoms with van der Waals surface area (Å²) >= 11 is 0.768. The predicted octanol–water partition coefficient (Wildman–Crippen LogP) is 2.82. The summed E-state index contributed by atoms with van der Waals surface area (Å²) in [6.07, 6.45) is 1.75. The molecule has 0 saturated heterocycles. The quantitative estimate of drug-likeness (QED) is 0.757. The van der Waals surface area contributed by atoms with Crippen molar-refractivity contribution < 1.29 is 9.90 Å². The third-order valence-electron chi connectivity index (χ3n) is 1.74. The lowest BCUT2D eigenvalue weighted by Crippen LogP contribution is -1.90. The van der Waals surface area contributed by atoms with Gasteiger partial charge in [0.05, 0.1) is 17.5 Å². The summed E-state index contributed by atoms with van der Waals surface area (Å²) in [5, 5.41) is 8.74. The van der Waals surface area contributed by atoms with E-state index in [1.54, 1.807) is 10.2 Å². The van der Waals surface area contributed by atoms with Crippen molar-refractivity contribution in [2.24, 2.45) is 0 Å². The first-order valence-electron chi connectivity index (χ1n) is 3.75. The SMILES string of the molecule is O=C(O)Sn1ccc2ccccc21. The van der Waals surface area contributed by atoms with Crippen molar-refractivity contribution in [1.29, 1.82) is 0 Å². The standard InChI is InChI=1S/C9H7NO2S/c11-9(12)13-10-6-5-7-3-1-2-4-8(7)10/h1-6H,(H,11,12). The Bertz CT molecular complexity index is 450. The molecule has 2 aromatic rings. The van der Waals surface area contributed by atoms with Crippen LogP contribution in [0.15, 0.2) is 36.5 Å². The highest BCUT2D eigenvalue weighted by Crippen LogP contribution is 2.20. The zero-order valence-corrected chi connectivity index (χ0v) is 7.49. The molecule has 0 unspecified atom stereocenters. The predicted molar refractivity (Wildman–Crippen MR) is 53.0 cm³/mol. The molecule has 0 aliphatic rings. The summed E-state index contributed by atoms with van der Waals surface area (Å²) in [4.78, 5) is 10.5. The second-order valence-electron chi connectivity index (χ2n) is 2.56. The minimum absolute atomic E-state index is 0.768. The van der Waals surface area contributed by atoms with E-state index in [1.807, 2.05) is 30.3 Å². The van der Waals surface area contributed by atoms with Crippen LogP contribution in [-0.4, -0.2) is 14.4 Å². The zero-order chi connectivity index (χ0) is 9.26. The maximum Gasteiger partial charge on any atom is 0.386 e. The average Bonchev–Trinajstić information content (AvgIpc) is 2.48. The Morgan fingerprint density at radius 1 is 1.31 bits per heavy atom. The van der Waals surface area contributed by atoms with Gasteiger partial charge in [0.15, 0.2) is 0 Å². The van der Waals surface area contributed by atoms with Crippen LogP contribution in [0.4, 0.5) is 4.79 Å². The summed E-state index contributed by atoms with van der Waals surface area (Å²) in [6, 6.07) is 9.56. The van der Waals surface area contributed by atoms with E-state index in [-0.39, 0.29) is 0 Å². The van der Waals surface area contributed by atoms with Crippen molar-refractivity contribution in [3.05, 3.63) is 36.5 Å². The highest BCUT2D eigenvalue weighted by molar-refractivity contribution is 8.12. The normalized spacial score (nSPS) is 10.5. The minimum atomic E-state index is -0.902. The fraction of sp³-hybridized carbons (Fsp3) is 0. The van der Waals surface area contributed by atoms with Gasteiger partial charge in [0.2, 0.25) is 0 Å². The van der Waals surface area contributed by atoms with Crippen molar-refractivity contribution in [1.82, 2.24) is 3.97 Å². The summed E-state index contributed by atoms with van der Waals surface area (Å²) in [5.41, 5.74) is 0.926. The molecule has 0 amide bonds. The number of carbonyl (C=O) groups is 1. The number of carboxylic acid groups (broad SMARTS) is 1. The van der Waals surface area contributed by atoms with Gasteiger partial charge in [-0.2, -0.15) is 0 Å². The molecule has 3 nitrogen and oxygen atoms in total. The maximum atomic E-state index is 10.5. The van der Waals surface area contributed by atoms with Crippen LogP contribution < -0.4 is 0 Å². The Hall–Kier alpha value is -1.42. The summed E-state index contributed by atoms with van der Waals surface area (Å²) < 4.78 is 1.64. The monoisotopic (exact) mass is 193 g/mol. The van der Waals surface area contributed by atoms with Gasteiger partial charge < -0.3 is 5.11 Å². The van der Waals surface area contributed by atoms with Crippen LogP contribution in [0.3, 0.4) is 0 Å². The maximum absolute atomic E-state index is 10.5. The van der Waals surface area contributed by atoms with Crippen LogP contribution in [-0.2, 0) is 0 Å². The first-order chi connectivity index (χ1) is 6.27. The molecule has 0 aliphatic heterocycles. The molecule has 0 atom stereocenters. The van der Waals surface area contributed by atoms with Crippen molar-refractivity contribution in [3.8, 4) is 0 Å². The molecule has 1 heterocycles. The molecule has 2 rings (SSSR count). The van der Waals surface area contributed by atoms with E-state index in [0.29, 0.717) is 0 Å². The molecule has 0 radical (unpaired) electrons. The van der Waals surface area contributed by atoms with Crippen molar-refractivity contribution in [2.75, 3.05) is 0 Å². The van der Waals surface area contributed by atoms with E-state index in [9.17, 15) is 4.79 Å². The smallest absolute Gasteiger partial charge is 0.386 e. The summed E-state index contributed by atoms with van der Waals surface area (Å²) in [5.74, 6) is 0. The molecule has 4 heteroatoms. The summed E-state index contributed by atoms with van der Waals surface area (Å²) in [7, 11) is 0. The molecule has 0 bridgehead atoms. The molecule has 0 saturated carbocycles. The fourth-order valence-corrected chi connectivity index (χ4v) is 1.78. The minimum Gasteiger partial charge on any atom is -0.472 e. The van der Waals surface area contributed by atoms with E-state index < -0.39 is 5.30 Å². The Balaban J connectivity index is 2.51. The van der Waals surface area contributed by atoms with Gasteiger partial charge in [-0.05, 0) is 12.1 Å². The van der Waals surface area contributed by atoms with Crippen LogP contribution in [0.25, 0.3) is 10.9 Å². The second kappa shape index (κ2) is 3.14. The number of hydrogen-bond donors (Lipinski definition) is 1. The van der Waals surface area contributed by atoms with Gasteiger partial charge in [-0.1, -0.05) is 18.2 Å². The topological polar surface area (TPSA) is 42.2 Å². The molecule has 0 spiro atoms. The number of rotatable bonds is 1. The van der Waals surface area contributed by atoms with E-state index in [2.05, 4.69) is 0 Å². The highest BCUT2D eigenvalue weighted by Gasteiger charge is 2.03. The van der Waals surface area contributed by atoms with E-state index in [0.717, 1.165) is 22.9 Å².